The molecule has 4 rings (SSSR count). The Balaban J connectivity index is 1.67. The molecule has 1 aliphatic rings. The van der Waals surface area contributed by atoms with Crippen molar-refractivity contribution in [3.05, 3.63) is 53.1 Å². The maximum atomic E-state index is 13.2. The SMILES string of the molecule is COc1cc2c(cc1OCCCN(C)C)C(=O)c1c(-c3ccc(C#N)cc3)n[nH]c1-2. The topological polar surface area (TPSA) is 91.2 Å². The van der Waals surface area contributed by atoms with Crippen molar-refractivity contribution in [2.24, 2.45) is 0 Å². The number of carbonyl (C=O) groups is 1. The third-order valence-electron chi connectivity index (χ3n) is 5.11. The minimum Gasteiger partial charge on any atom is -0.493 e. The second-order valence-electron chi connectivity index (χ2n) is 7.39. The first kappa shape index (κ1) is 19.7. The molecule has 3 aromatic rings. The number of fused-ring (bicyclic) bond motifs is 3. The molecule has 0 bridgehead atoms. The molecule has 7 nitrogen and oxygen atoms in total. The monoisotopic (exact) mass is 402 g/mol. The van der Waals surface area contributed by atoms with Crippen molar-refractivity contribution in [1.82, 2.24) is 15.1 Å². The number of ketones is 1. The van der Waals surface area contributed by atoms with Crippen LogP contribution in [0, 0.1) is 11.3 Å². The number of benzene rings is 2. The van der Waals surface area contributed by atoms with E-state index in [0.29, 0.717) is 46.2 Å². The summed E-state index contributed by atoms with van der Waals surface area (Å²) in [6, 6.07) is 12.7. The number of hydrogen-bond acceptors (Lipinski definition) is 6. The van der Waals surface area contributed by atoms with Crippen LogP contribution in [-0.2, 0) is 0 Å². The molecule has 0 fully saturated rings. The molecule has 1 heterocycles. The van der Waals surface area contributed by atoms with Gasteiger partial charge in [0.1, 0.15) is 5.69 Å². The summed E-state index contributed by atoms with van der Waals surface area (Å²) in [5.74, 6) is 1.03. The predicted octanol–water partition coefficient (Wildman–Crippen LogP) is 3.50. The van der Waals surface area contributed by atoms with Gasteiger partial charge in [-0.2, -0.15) is 10.4 Å². The largest absolute Gasteiger partial charge is 0.493 e. The molecule has 0 amide bonds. The smallest absolute Gasteiger partial charge is 0.198 e. The van der Waals surface area contributed by atoms with E-state index in [0.717, 1.165) is 24.1 Å². The van der Waals surface area contributed by atoms with E-state index < -0.39 is 0 Å². The summed E-state index contributed by atoms with van der Waals surface area (Å²) >= 11 is 0. The maximum Gasteiger partial charge on any atom is 0.198 e. The number of aromatic nitrogens is 2. The fourth-order valence-electron chi connectivity index (χ4n) is 3.59. The molecule has 1 N–H and O–H groups in total. The number of rotatable bonds is 7. The molecule has 0 unspecified atom stereocenters. The van der Waals surface area contributed by atoms with Crippen LogP contribution in [0.2, 0.25) is 0 Å². The summed E-state index contributed by atoms with van der Waals surface area (Å²) < 4.78 is 11.4. The van der Waals surface area contributed by atoms with Gasteiger partial charge in [0.25, 0.3) is 0 Å². The summed E-state index contributed by atoms with van der Waals surface area (Å²) in [6.07, 6.45) is 0.868. The number of nitrogens with one attached hydrogen (secondary N) is 1. The molecule has 2 aromatic carbocycles. The van der Waals surface area contributed by atoms with Crippen LogP contribution in [0.15, 0.2) is 36.4 Å². The van der Waals surface area contributed by atoms with Crippen LogP contribution in [-0.4, -0.2) is 55.2 Å². The zero-order valence-corrected chi connectivity index (χ0v) is 17.2. The fraction of sp³-hybridized carbons (Fsp3) is 0.261. The first-order valence-corrected chi connectivity index (χ1v) is 9.67. The van der Waals surface area contributed by atoms with Crippen molar-refractivity contribution in [2.45, 2.75) is 6.42 Å². The molecule has 0 atom stereocenters. The number of methoxy groups -OCH3 is 1. The number of carbonyl (C=O) groups excluding carboxylic acids is 1. The normalized spacial score (nSPS) is 11.9. The van der Waals surface area contributed by atoms with Gasteiger partial charge in [-0.1, -0.05) is 12.1 Å². The number of nitriles is 1. The minimum absolute atomic E-state index is 0.103. The molecule has 0 saturated carbocycles. The molecule has 152 valence electrons. The molecule has 0 saturated heterocycles. The lowest BCUT2D eigenvalue weighted by Gasteiger charge is -2.14. The Hall–Kier alpha value is -3.63. The van der Waals surface area contributed by atoms with Gasteiger partial charge in [-0.05, 0) is 44.8 Å². The lowest BCUT2D eigenvalue weighted by Crippen LogP contribution is -2.15. The highest BCUT2D eigenvalue weighted by atomic mass is 16.5. The third-order valence-corrected chi connectivity index (χ3v) is 5.11. The van der Waals surface area contributed by atoms with Crippen LogP contribution in [0.3, 0.4) is 0 Å². The Morgan fingerprint density at radius 1 is 1.13 bits per heavy atom. The van der Waals surface area contributed by atoms with Crippen molar-refractivity contribution in [2.75, 3.05) is 34.4 Å². The molecule has 0 spiro atoms. The number of H-pyrrole nitrogens is 1. The summed E-state index contributed by atoms with van der Waals surface area (Å²) in [5.41, 5.74) is 4.43. The van der Waals surface area contributed by atoms with Crippen molar-refractivity contribution >= 4 is 5.78 Å². The van der Waals surface area contributed by atoms with E-state index in [9.17, 15) is 4.79 Å². The van der Waals surface area contributed by atoms with Crippen LogP contribution in [0.1, 0.15) is 27.9 Å². The summed E-state index contributed by atoms with van der Waals surface area (Å²) in [4.78, 5) is 15.3. The van der Waals surface area contributed by atoms with E-state index in [1.807, 2.05) is 20.2 Å². The predicted molar refractivity (Wildman–Crippen MR) is 113 cm³/mol. The van der Waals surface area contributed by atoms with E-state index in [1.54, 1.807) is 37.4 Å². The van der Waals surface area contributed by atoms with Gasteiger partial charge in [-0.3, -0.25) is 9.89 Å². The van der Waals surface area contributed by atoms with Crippen LogP contribution in [0.4, 0.5) is 0 Å². The zero-order chi connectivity index (χ0) is 21.3. The molecule has 1 aromatic heterocycles. The lowest BCUT2D eigenvalue weighted by molar-refractivity contribution is 0.104. The van der Waals surface area contributed by atoms with Crippen molar-refractivity contribution in [1.29, 1.82) is 5.26 Å². The maximum absolute atomic E-state index is 13.2. The van der Waals surface area contributed by atoms with E-state index in [1.165, 1.54) is 0 Å². The van der Waals surface area contributed by atoms with E-state index in [4.69, 9.17) is 14.7 Å². The molecule has 7 heteroatoms. The van der Waals surface area contributed by atoms with Gasteiger partial charge in [-0.15, -0.1) is 0 Å². The average molecular weight is 402 g/mol. The van der Waals surface area contributed by atoms with E-state index >= 15 is 0 Å². The molecular weight excluding hydrogens is 380 g/mol. The van der Waals surface area contributed by atoms with Crippen LogP contribution >= 0.6 is 0 Å². The summed E-state index contributed by atoms with van der Waals surface area (Å²) in [7, 11) is 5.62. The molecule has 0 aliphatic heterocycles. The molecular formula is C23H22N4O3. The highest BCUT2D eigenvalue weighted by Crippen LogP contribution is 2.44. The fourth-order valence-corrected chi connectivity index (χ4v) is 3.59. The number of aromatic amines is 1. The second-order valence-corrected chi connectivity index (χ2v) is 7.39. The summed E-state index contributed by atoms with van der Waals surface area (Å²) in [5, 5.41) is 16.4. The van der Waals surface area contributed by atoms with Gasteiger partial charge in [-0.25, -0.2) is 0 Å². The van der Waals surface area contributed by atoms with Crippen LogP contribution in [0.25, 0.3) is 22.5 Å². The first-order chi connectivity index (χ1) is 14.5. The number of hydrogen-bond donors (Lipinski definition) is 1. The van der Waals surface area contributed by atoms with Gasteiger partial charge in [0.2, 0.25) is 0 Å². The number of nitrogens with zero attached hydrogens (tertiary/aromatic N) is 3. The highest BCUT2D eigenvalue weighted by molar-refractivity contribution is 6.24. The van der Waals surface area contributed by atoms with Crippen molar-refractivity contribution in [3.63, 3.8) is 0 Å². The Labute approximate surface area is 174 Å². The zero-order valence-electron chi connectivity index (χ0n) is 17.2. The van der Waals surface area contributed by atoms with Gasteiger partial charge < -0.3 is 14.4 Å². The average Bonchev–Trinajstić information content (AvgIpc) is 3.30. The Morgan fingerprint density at radius 3 is 2.53 bits per heavy atom. The van der Waals surface area contributed by atoms with Crippen molar-refractivity contribution < 1.29 is 14.3 Å². The second kappa shape index (κ2) is 8.01. The van der Waals surface area contributed by atoms with Crippen molar-refractivity contribution in [3.8, 4) is 40.1 Å². The quantitative estimate of drug-likeness (QED) is 0.476. The minimum atomic E-state index is -0.103. The molecule has 1 aliphatic carbocycles. The standard InChI is InChI=1S/C23H22N4O3/c1-27(2)9-4-10-30-19-12-17-16(11-18(19)29-3)22-20(23(17)28)21(25-26-22)15-7-5-14(13-24)6-8-15/h5-8,11-12H,4,9-10H2,1-3H3,(H,25,26). The van der Waals surface area contributed by atoms with Gasteiger partial charge in [0.05, 0.1) is 36.6 Å². The van der Waals surface area contributed by atoms with Gasteiger partial charge >= 0.3 is 0 Å². The van der Waals surface area contributed by atoms with E-state index in [-0.39, 0.29) is 5.78 Å². The number of ether oxygens (including phenoxy) is 2. The Bertz CT molecular complexity index is 1140. The van der Waals surface area contributed by atoms with Crippen LogP contribution < -0.4 is 9.47 Å². The van der Waals surface area contributed by atoms with Crippen LogP contribution in [0.5, 0.6) is 11.5 Å². The first-order valence-electron chi connectivity index (χ1n) is 9.67. The van der Waals surface area contributed by atoms with Gasteiger partial charge in [0, 0.05) is 23.2 Å². The van der Waals surface area contributed by atoms with Gasteiger partial charge in [0.15, 0.2) is 17.3 Å². The Morgan fingerprint density at radius 2 is 1.87 bits per heavy atom. The third kappa shape index (κ3) is 3.42. The highest BCUT2D eigenvalue weighted by Gasteiger charge is 2.34. The molecule has 0 radical (unpaired) electrons. The Kier molecular flexibility index (Phi) is 5.25. The van der Waals surface area contributed by atoms with E-state index in [2.05, 4.69) is 21.2 Å². The lowest BCUT2D eigenvalue weighted by atomic mass is 10.0. The summed E-state index contributed by atoms with van der Waals surface area (Å²) in [6.45, 7) is 1.45. The molecule has 30 heavy (non-hydrogen) atoms.